The number of carbonyl (C=O) groups is 2. The lowest BCUT2D eigenvalue weighted by Crippen LogP contribution is -2.52. The molecule has 2 bridgehead atoms. The Labute approximate surface area is 268 Å². The lowest BCUT2D eigenvalue weighted by Gasteiger charge is -2.56. The highest BCUT2D eigenvalue weighted by Gasteiger charge is 2.56. The molecule has 3 aliphatic carbocycles. The maximum atomic E-state index is 12.6. The number of nitrogens with one attached hydrogen (secondary N) is 1. The molecule has 1 saturated carbocycles. The number of carbonyl (C=O) groups excluding carboxylic acids is 2. The Morgan fingerprint density at radius 2 is 1.96 bits per heavy atom. The zero-order chi connectivity index (χ0) is 31.7. The molecule has 2 amide bonds. The average Bonchev–Trinajstić information content (AvgIpc) is 3.25. The van der Waals surface area contributed by atoms with Crippen LogP contribution in [0, 0.1) is 5.92 Å². The highest BCUT2D eigenvalue weighted by molar-refractivity contribution is 7.98. The SMILES string of the molecule is CSc1nc2c(c(N3CCCn4nc(C(=O)N(C)C)cc4C3)n1)COC1(C2)c2cc(NC(=O)OC(C)(C)C)ccc2C2CC1C2. The number of thioether (sulfide) groups is 1. The Bertz CT molecular complexity index is 1680. The van der Waals surface area contributed by atoms with Crippen molar-refractivity contribution in [3.8, 4) is 0 Å². The van der Waals surface area contributed by atoms with E-state index in [1.165, 1.54) is 5.56 Å². The number of fused-ring (bicyclic) bond motifs is 2. The van der Waals surface area contributed by atoms with E-state index in [1.54, 1.807) is 30.8 Å². The van der Waals surface area contributed by atoms with E-state index in [0.29, 0.717) is 42.8 Å². The standard InChI is InChI=1S/C33H41N7O4S/c1-32(2,3)44-31(42)34-21-8-9-23-19-12-20(13-19)33(25(23)14-21)16-27-24(18-43-33)28(36-30(35-27)45-6)39-10-7-11-40-22(17-39)15-26(37-40)29(41)38(4)5/h8-9,14-15,19-20H,7,10-13,16-18H2,1-6H3,(H,34,42). The Kier molecular flexibility index (Phi) is 7.35. The Hall–Kier alpha value is -3.64. The number of aromatic nitrogens is 4. The lowest BCUT2D eigenvalue weighted by molar-refractivity contribution is -0.151. The number of benzene rings is 1. The molecule has 238 valence electrons. The van der Waals surface area contributed by atoms with E-state index in [1.807, 2.05) is 43.8 Å². The summed E-state index contributed by atoms with van der Waals surface area (Å²) in [6.45, 7) is 8.14. The van der Waals surface area contributed by atoms with Crippen LogP contribution in [0.1, 0.15) is 84.5 Å². The van der Waals surface area contributed by atoms with E-state index in [-0.39, 0.29) is 5.91 Å². The molecule has 1 unspecified atom stereocenters. The third-order valence-electron chi connectivity index (χ3n) is 9.47. The molecular formula is C33H41N7O4S. The van der Waals surface area contributed by atoms with Gasteiger partial charge in [0.25, 0.3) is 5.91 Å². The fraction of sp³-hybridized carbons (Fsp3) is 0.545. The van der Waals surface area contributed by atoms with Crippen LogP contribution in [-0.4, -0.2) is 69.1 Å². The van der Waals surface area contributed by atoms with Crippen LogP contribution in [0.3, 0.4) is 0 Å². The minimum absolute atomic E-state index is 0.0969. The van der Waals surface area contributed by atoms with Gasteiger partial charge in [-0.15, -0.1) is 0 Å². The first kappa shape index (κ1) is 30.0. The van der Waals surface area contributed by atoms with Crippen LogP contribution in [-0.2, 0) is 41.2 Å². The number of ether oxygens (including phenoxy) is 2. The van der Waals surface area contributed by atoms with E-state index in [0.717, 1.165) is 65.8 Å². The molecule has 4 heterocycles. The highest BCUT2D eigenvalue weighted by Crippen LogP contribution is 2.62. The molecule has 2 aromatic heterocycles. The van der Waals surface area contributed by atoms with Gasteiger partial charge in [-0.05, 0) is 87.5 Å². The second-order valence-corrected chi connectivity index (χ2v) is 14.6. The summed E-state index contributed by atoms with van der Waals surface area (Å²) >= 11 is 1.55. The number of nitrogens with zero attached hydrogens (tertiary/aromatic N) is 6. The molecule has 45 heavy (non-hydrogen) atoms. The van der Waals surface area contributed by atoms with Gasteiger partial charge in [-0.2, -0.15) is 5.10 Å². The van der Waals surface area contributed by atoms with Crippen molar-refractivity contribution in [2.45, 2.75) is 88.4 Å². The van der Waals surface area contributed by atoms with Crippen molar-refractivity contribution in [3.63, 3.8) is 0 Å². The van der Waals surface area contributed by atoms with Gasteiger partial charge >= 0.3 is 6.09 Å². The number of hydrogen-bond donors (Lipinski definition) is 1. The van der Waals surface area contributed by atoms with Crippen molar-refractivity contribution >= 4 is 35.3 Å². The van der Waals surface area contributed by atoms with Gasteiger partial charge in [-0.1, -0.05) is 17.8 Å². The van der Waals surface area contributed by atoms with Gasteiger partial charge in [-0.25, -0.2) is 14.8 Å². The molecule has 11 nitrogen and oxygen atoms in total. The Morgan fingerprint density at radius 3 is 2.69 bits per heavy atom. The summed E-state index contributed by atoms with van der Waals surface area (Å²) in [5.41, 5.74) is 5.59. The van der Waals surface area contributed by atoms with Crippen LogP contribution in [0.2, 0.25) is 0 Å². The monoisotopic (exact) mass is 631 g/mol. The number of hydrogen-bond acceptors (Lipinski definition) is 9. The molecule has 1 aromatic carbocycles. The first-order valence-electron chi connectivity index (χ1n) is 15.7. The summed E-state index contributed by atoms with van der Waals surface area (Å²) in [4.78, 5) is 39.2. The van der Waals surface area contributed by atoms with Crippen LogP contribution >= 0.6 is 11.8 Å². The average molecular weight is 632 g/mol. The largest absolute Gasteiger partial charge is 0.444 e. The zero-order valence-electron chi connectivity index (χ0n) is 26.8. The molecule has 1 fully saturated rings. The van der Waals surface area contributed by atoms with E-state index in [9.17, 15) is 9.59 Å². The molecule has 0 saturated heterocycles. The summed E-state index contributed by atoms with van der Waals surface area (Å²) in [6, 6.07) is 8.11. The van der Waals surface area contributed by atoms with Gasteiger partial charge < -0.3 is 19.3 Å². The Morgan fingerprint density at radius 1 is 1.16 bits per heavy atom. The molecule has 2 aliphatic heterocycles. The highest BCUT2D eigenvalue weighted by atomic mass is 32.2. The summed E-state index contributed by atoms with van der Waals surface area (Å²) in [5, 5.41) is 8.29. The van der Waals surface area contributed by atoms with Gasteiger partial charge in [0.2, 0.25) is 0 Å². The van der Waals surface area contributed by atoms with Crippen LogP contribution < -0.4 is 10.2 Å². The molecule has 5 aliphatic rings. The summed E-state index contributed by atoms with van der Waals surface area (Å²) in [7, 11) is 3.49. The lowest BCUT2D eigenvalue weighted by atomic mass is 9.53. The molecule has 1 spiro atoms. The fourth-order valence-corrected chi connectivity index (χ4v) is 7.68. The van der Waals surface area contributed by atoms with Gasteiger partial charge in [0, 0.05) is 44.9 Å². The number of amides is 2. The second-order valence-electron chi connectivity index (χ2n) is 13.8. The number of anilines is 2. The minimum atomic E-state index is -0.581. The molecule has 3 aromatic rings. The van der Waals surface area contributed by atoms with Crippen LogP contribution in [0.25, 0.3) is 0 Å². The molecule has 12 heteroatoms. The minimum Gasteiger partial charge on any atom is -0.444 e. The van der Waals surface area contributed by atoms with Crippen LogP contribution in [0.5, 0.6) is 0 Å². The maximum Gasteiger partial charge on any atom is 0.412 e. The molecule has 8 rings (SSSR count). The predicted molar refractivity (Wildman–Crippen MR) is 172 cm³/mol. The summed E-state index contributed by atoms with van der Waals surface area (Å²) in [5.74, 6) is 1.71. The quantitative estimate of drug-likeness (QED) is 0.301. The van der Waals surface area contributed by atoms with Crippen molar-refractivity contribution in [1.29, 1.82) is 0 Å². The van der Waals surface area contributed by atoms with Crippen molar-refractivity contribution in [3.05, 3.63) is 58.0 Å². The van der Waals surface area contributed by atoms with E-state index in [4.69, 9.17) is 19.4 Å². The first-order chi connectivity index (χ1) is 21.4. The van der Waals surface area contributed by atoms with Crippen LogP contribution in [0.15, 0.2) is 29.4 Å². The smallest absolute Gasteiger partial charge is 0.412 e. The van der Waals surface area contributed by atoms with Gasteiger partial charge in [0.15, 0.2) is 10.9 Å². The van der Waals surface area contributed by atoms with Crippen molar-refractivity contribution in [2.75, 3.05) is 37.1 Å². The van der Waals surface area contributed by atoms with Crippen molar-refractivity contribution in [2.24, 2.45) is 5.92 Å². The summed E-state index contributed by atoms with van der Waals surface area (Å²) in [6.07, 6.45) is 5.27. The fourth-order valence-electron chi connectivity index (χ4n) is 7.30. The van der Waals surface area contributed by atoms with Crippen molar-refractivity contribution < 1.29 is 19.1 Å². The predicted octanol–water partition coefficient (Wildman–Crippen LogP) is 5.33. The van der Waals surface area contributed by atoms with Gasteiger partial charge in [-0.3, -0.25) is 14.8 Å². The van der Waals surface area contributed by atoms with Gasteiger partial charge in [0.05, 0.1) is 24.5 Å². The number of aryl methyl sites for hydroxylation is 1. The van der Waals surface area contributed by atoms with E-state index >= 15 is 0 Å². The topological polar surface area (TPSA) is 115 Å². The molecular weight excluding hydrogens is 590 g/mol. The zero-order valence-corrected chi connectivity index (χ0v) is 27.7. The molecule has 1 atom stereocenters. The second kappa shape index (κ2) is 11.0. The van der Waals surface area contributed by atoms with Gasteiger partial charge in [0.1, 0.15) is 17.0 Å². The third kappa shape index (κ3) is 5.35. The molecule has 0 radical (unpaired) electrons. The van der Waals surface area contributed by atoms with E-state index < -0.39 is 17.3 Å². The Balaban J connectivity index is 1.22. The first-order valence-corrected chi connectivity index (χ1v) is 16.9. The van der Waals surface area contributed by atoms with Crippen molar-refractivity contribution in [1.82, 2.24) is 24.6 Å². The molecule has 1 N–H and O–H groups in total. The van der Waals surface area contributed by atoms with Crippen LogP contribution in [0.4, 0.5) is 16.3 Å². The maximum absolute atomic E-state index is 12.6. The number of rotatable bonds is 4. The van der Waals surface area contributed by atoms with E-state index in [2.05, 4.69) is 27.4 Å². The normalized spacial score (nSPS) is 23.3. The summed E-state index contributed by atoms with van der Waals surface area (Å²) < 4.78 is 14.5. The third-order valence-corrected chi connectivity index (χ3v) is 10.0.